The lowest BCUT2D eigenvalue weighted by Crippen LogP contribution is -2.43. The Bertz CT molecular complexity index is 557. The molecule has 0 unspecified atom stereocenters. The highest BCUT2D eigenvalue weighted by Gasteiger charge is 2.14. The van der Waals surface area contributed by atoms with Crippen molar-refractivity contribution in [3.63, 3.8) is 0 Å². The third-order valence-electron chi connectivity index (χ3n) is 2.31. The maximum Gasteiger partial charge on any atom is 0.239 e. The van der Waals surface area contributed by atoms with E-state index in [4.69, 9.17) is 0 Å². The molecule has 0 radical (unpaired) electrons. The lowest BCUT2D eigenvalue weighted by Gasteiger charge is -2.20. The molecule has 18 heavy (non-hydrogen) atoms. The fraction of sp³-hybridized carbons (Fsp3) is 0.385. The summed E-state index contributed by atoms with van der Waals surface area (Å²) in [7, 11) is 0. The van der Waals surface area contributed by atoms with Crippen LogP contribution in [-0.4, -0.2) is 22.4 Å². The van der Waals surface area contributed by atoms with Gasteiger partial charge in [-0.3, -0.25) is 4.79 Å². The van der Waals surface area contributed by atoms with Gasteiger partial charge in [-0.05, 0) is 44.4 Å². The zero-order chi connectivity index (χ0) is 13.2. The van der Waals surface area contributed by atoms with E-state index >= 15 is 0 Å². The second-order valence-corrected chi connectivity index (χ2v) is 5.95. The molecule has 96 valence electrons. The van der Waals surface area contributed by atoms with Crippen LogP contribution >= 0.6 is 11.5 Å². The summed E-state index contributed by atoms with van der Waals surface area (Å²) in [4.78, 5) is 11.7. The number of carbonyl (C=O) groups is 1. The number of aromatic nitrogens is 1. The Balaban J connectivity index is 2.00. The predicted octanol–water partition coefficient (Wildman–Crippen LogP) is 2.62. The Morgan fingerprint density at radius 3 is 2.78 bits per heavy atom. The number of fused-ring (bicyclic) bond motifs is 1. The molecule has 0 saturated heterocycles. The SMILES string of the molecule is CC(C)(C)NC(=O)CNc1snc2ccccc12. The summed E-state index contributed by atoms with van der Waals surface area (Å²) in [5, 5.41) is 8.05. The van der Waals surface area contributed by atoms with Crippen molar-refractivity contribution in [2.75, 3.05) is 11.9 Å². The van der Waals surface area contributed by atoms with Gasteiger partial charge in [0, 0.05) is 10.9 Å². The van der Waals surface area contributed by atoms with E-state index in [1.807, 2.05) is 45.0 Å². The van der Waals surface area contributed by atoms with Crippen molar-refractivity contribution in [1.29, 1.82) is 0 Å². The van der Waals surface area contributed by atoms with E-state index in [0.717, 1.165) is 15.9 Å². The van der Waals surface area contributed by atoms with E-state index in [1.165, 1.54) is 11.5 Å². The summed E-state index contributed by atoms with van der Waals surface area (Å²) >= 11 is 1.38. The molecule has 0 aliphatic heterocycles. The van der Waals surface area contributed by atoms with E-state index in [-0.39, 0.29) is 18.0 Å². The third-order valence-corrected chi connectivity index (χ3v) is 3.14. The summed E-state index contributed by atoms with van der Waals surface area (Å²) in [6.45, 7) is 6.16. The van der Waals surface area contributed by atoms with Crippen LogP contribution in [0.25, 0.3) is 10.9 Å². The number of nitrogens with one attached hydrogen (secondary N) is 2. The van der Waals surface area contributed by atoms with Gasteiger partial charge < -0.3 is 10.6 Å². The molecule has 0 bridgehead atoms. The summed E-state index contributed by atoms with van der Waals surface area (Å²) in [5.74, 6) is -0.0139. The van der Waals surface area contributed by atoms with Gasteiger partial charge in [-0.25, -0.2) is 0 Å². The molecular weight excluding hydrogens is 246 g/mol. The van der Waals surface area contributed by atoms with Crippen LogP contribution < -0.4 is 10.6 Å². The van der Waals surface area contributed by atoms with Crippen LogP contribution in [0.5, 0.6) is 0 Å². The van der Waals surface area contributed by atoms with E-state index < -0.39 is 0 Å². The van der Waals surface area contributed by atoms with Gasteiger partial charge in [0.25, 0.3) is 0 Å². The van der Waals surface area contributed by atoms with Crippen LogP contribution in [0.15, 0.2) is 24.3 Å². The molecule has 0 saturated carbocycles. The Kier molecular flexibility index (Phi) is 3.52. The highest BCUT2D eigenvalue weighted by molar-refractivity contribution is 7.11. The van der Waals surface area contributed by atoms with Gasteiger partial charge in [0.1, 0.15) is 5.00 Å². The highest BCUT2D eigenvalue weighted by atomic mass is 32.1. The molecule has 0 atom stereocenters. The Morgan fingerprint density at radius 2 is 2.06 bits per heavy atom. The van der Waals surface area contributed by atoms with Gasteiger partial charge in [0.15, 0.2) is 0 Å². The Hall–Kier alpha value is -1.62. The monoisotopic (exact) mass is 263 g/mol. The van der Waals surface area contributed by atoms with Crippen molar-refractivity contribution in [3.8, 4) is 0 Å². The zero-order valence-corrected chi connectivity index (χ0v) is 11.6. The number of anilines is 1. The molecule has 2 aromatic rings. The first-order valence-electron chi connectivity index (χ1n) is 5.85. The maximum absolute atomic E-state index is 11.7. The van der Waals surface area contributed by atoms with E-state index in [9.17, 15) is 4.79 Å². The van der Waals surface area contributed by atoms with E-state index in [1.54, 1.807) is 0 Å². The maximum atomic E-state index is 11.7. The summed E-state index contributed by atoms with van der Waals surface area (Å²) in [5.41, 5.74) is 0.760. The van der Waals surface area contributed by atoms with E-state index in [0.29, 0.717) is 0 Å². The van der Waals surface area contributed by atoms with Crippen molar-refractivity contribution >= 4 is 33.3 Å². The second-order valence-electron chi connectivity index (χ2n) is 5.18. The van der Waals surface area contributed by atoms with E-state index in [2.05, 4.69) is 15.0 Å². The second kappa shape index (κ2) is 4.94. The van der Waals surface area contributed by atoms with Crippen LogP contribution in [0.4, 0.5) is 5.00 Å². The van der Waals surface area contributed by atoms with Gasteiger partial charge in [0.2, 0.25) is 5.91 Å². The lowest BCUT2D eigenvalue weighted by atomic mass is 10.1. The number of carbonyl (C=O) groups excluding carboxylic acids is 1. The molecule has 1 aromatic carbocycles. The first-order chi connectivity index (χ1) is 8.46. The van der Waals surface area contributed by atoms with Gasteiger partial charge in [-0.1, -0.05) is 12.1 Å². The minimum Gasteiger partial charge on any atom is -0.366 e. The number of hydrogen-bond acceptors (Lipinski definition) is 4. The molecule has 0 aliphatic carbocycles. The van der Waals surface area contributed by atoms with Gasteiger partial charge >= 0.3 is 0 Å². The Labute approximate surface area is 111 Å². The number of hydrogen-bond donors (Lipinski definition) is 2. The van der Waals surface area contributed by atoms with Crippen LogP contribution in [0.3, 0.4) is 0 Å². The number of rotatable bonds is 3. The molecule has 5 heteroatoms. The largest absolute Gasteiger partial charge is 0.366 e. The molecule has 0 fully saturated rings. The summed E-state index contributed by atoms with van der Waals surface area (Å²) < 4.78 is 4.32. The molecule has 2 rings (SSSR count). The third kappa shape index (κ3) is 3.20. The Morgan fingerprint density at radius 1 is 1.33 bits per heavy atom. The lowest BCUT2D eigenvalue weighted by molar-refractivity contribution is -0.120. The first kappa shape index (κ1) is 12.8. The fourth-order valence-corrected chi connectivity index (χ4v) is 2.40. The molecule has 4 nitrogen and oxygen atoms in total. The predicted molar refractivity (Wildman–Crippen MR) is 76.0 cm³/mol. The van der Waals surface area contributed by atoms with Crippen molar-refractivity contribution in [2.24, 2.45) is 0 Å². The van der Waals surface area contributed by atoms with Crippen LogP contribution in [0.2, 0.25) is 0 Å². The molecule has 1 aromatic heterocycles. The van der Waals surface area contributed by atoms with Crippen molar-refractivity contribution in [3.05, 3.63) is 24.3 Å². The highest BCUT2D eigenvalue weighted by Crippen LogP contribution is 2.26. The summed E-state index contributed by atoms with van der Waals surface area (Å²) in [6.07, 6.45) is 0. The quantitative estimate of drug-likeness (QED) is 0.895. The molecule has 1 heterocycles. The fourth-order valence-electron chi connectivity index (χ4n) is 1.64. The van der Waals surface area contributed by atoms with Crippen LogP contribution in [-0.2, 0) is 4.79 Å². The molecular formula is C13H17N3OS. The molecule has 0 spiro atoms. The minimum atomic E-state index is -0.200. The molecule has 0 aliphatic rings. The minimum absolute atomic E-state index is 0.0139. The number of benzene rings is 1. The van der Waals surface area contributed by atoms with Crippen LogP contribution in [0, 0.1) is 0 Å². The average Bonchev–Trinajstić information content (AvgIpc) is 2.67. The van der Waals surface area contributed by atoms with Crippen LogP contribution in [0.1, 0.15) is 20.8 Å². The molecule has 1 amide bonds. The van der Waals surface area contributed by atoms with Crippen molar-refractivity contribution in [1.82, 2.24) is 9.69 Å². The first-order valence-corrected chi connectivity index (χ1v) is 6.62. The van der Waals surface area contributed by atoms with Crippen molar-refractivity contribution in [2.45, 2.75) is 26.3 Å². The van der Waals surface area contributed by atoms with Gasteiger partial charge in [-0.2, -0.15) is 4.37 Å². The zero-order valence-electron chi connectivity index (χ0n) is 10.8. The topological polar surface area (TPSA) is 54.0 Å². The van der Waals surface area contributed by atoms with Gasteiger partial charge in [-0.15, -0.1) is 0 Å². The van der Waals surface area contributed by atoms with Crippen molar-refractivity contribution < 1.29 is 4.79 Å². The standard InChI is InChI=1S/C13H17N3OS/c1-13(2,3)15-11(17)8-14-12-9-6-4-5-7-10(9)16-18-12/h4-7,14H,8H2,1-3H3,(H,15,17). The number of nitrogens with zero attached hydrogens (tertiary/aromatic N) is 1. The van der Waals surface area contributed by atoms with Gasteiger partial charge in [0.05, 0.1) is 12.1 Å². The summed E-state index contributed by atoms with van der Waals surface area (Å²) in [6, 6.07) is 7.89. The number of amides is 1. The average molecular weight is 263 g/mol. The molecule has 2 N–H and O–H groups in total. The smallest absolute Gasteiger partial charge is 0.239 e. The normalized spacial score (nSPS) is 11.5.